The van der Waals surface area contributed by atoms with Crippen LogP contribution in [-0.2, 0) is 37.9 Å². The molecular formula is C44H70O17. The van der Waals surface area contributed by atoms with E-state index in [0.29, 0.717) is 43.1 Å². The number of aliphatic hydroxyl groups excluding tert-OH is 8. The molecule has 0 bridgehead atoms. The first-order chi connectivity index (χ1) is 28.9. The van der Waals surface area contributed by atoms with Crippen molar-refractivity contribution >= 4 is 0 Å². The molecule has 3 saturated carbocycles. The van der Waals surface area contributed by atoms with Crippen molar-refractivity contribution in [3.05, 3.63) is 11.6 Å². The second-order valence-corrected chi connectivity index (χ2v) is 20.7. The molecule has 9 aliphatic rings. The summed E-state index contributed by atoms with van der Waals surface area (Å²) in [6.07, 6.45) is -10.7. The number of ether oxygens (including phenoxy) is 8. The van der Waals surface area contributed by atoms with E-state index in [0.717, 1.165) is 44.9 Å². The molecule has 61 heavy (non-hydrogen) atoms. The highest BCUT2D eigenvalue weighted by Gasteiger charge is 2.76. The molecule has 0 radical (unpaired) electrons. The molecule has 348 valence electrons. The molecule has 0 aromatic carbocycles. The highest BCUT2D eigenvalue weighted by atomic mass is 16.8. The fourth-order valence-corrected chi connectivity index (χ4v) is 13.8. The third-order valence-electron chi connectivity index (χ3n) is 17.6. The standard InChI is InChI=1S/C44H70O17/c1-19-8-13-43(54-18-19)21(3)44(53)29(61-43)15-26-24-7-6-22-14-23(9-11-41(22,4)25(24)10-12-42(26,44)5)56-39-35(52)33(50)36(28(17-46)58-39)59-40-37(31(48)27(16-45)57-40)60-38-34(51)32(49)30(47)20(2)55-38/h6,19-21,23-40,45-53H,7-18H2,1-5H3/t19-,20+,21-,23+,24-,25+,26+,27+,28-,29+,30+,31+,32-,33-,34-,35-,36-,37-,38+,39-,40+,41+,42+,43-,44-/m1/s1. The smallest absolute Gasteiger partial charge is 0.187 e. The fourth-order valence-electron chi connectivity index (χ4n) is 13.8. The number of fused-ring (bicyclic) bond motifs is 7. The van der Waals surface area contributed by atoms with Gasteiger partial charge in [-0.2, -0.15) is 0 Å². The zero-order valence-corrected chi connectivity index (χ0v) is 36.0. The van der Waals surface area contributed by atoms with Crippen molar-refractivity contribution in [1.29, 1.82) is 0 Å². The minimum Gasteiger partial charge on any atom is -0.394 e. The van der Waals surface area contributed by atoms with Gasteiger partial charge in [-0.15, -0.1) is 0 Å². The highest BCUT2D eigenvalue weighted by Crippen LogP contribution is 2.72. The number of hydrogen-bond donors (Lipinski definition) is 9. The Morgan fingerprint density at radius 1 is 0.705 bits per heavy atom. The average molecular weight is 871 g/mol. The van der Waals surface area contributed by atoms with E-state index in [2.05, 4.69) is 33.8 Å². The van der Waals surface area contributed by atoms with Crippen LogP contribution < -0.4 is 0 Å². The Morgan fingerprint density at radius 2 is 1.39 bits per heavy atom. The van der Waals surface area contributed by atoms with E-state index in [9.17, 15) is 46.0 Å². The molecular weight excluding hydrogens is 800 g/mol. The lowest BCUT2D eigenvalue weighted by Gasteiger charge is -2.60. The van der Waals surface area contributed by atoms with Gasteiger partial charge in [-0.05, 0) is 87.4 Å². The summed E-state index contributed by atoms with van der Waals surface area (Å²) in [5.74, 6) is 0.818. The van der Waals surface area contributed by atoms with Crippen LogP contribution in [0.1, 0.15) is 92.4 Å². The minimum atomic E-state index is -1.71. The Hall–Kier alpha value is -0.940. The van der Waals surface area contributed by atoms with E-state index in [1.54, 1.807) is 0 Å². The number of rotatable bonds is 8. The SMILES string of the molecule is C[C@@H]1CC[C@@]2(OC1)O[C@H]1C[C@H]3[C@@H]4CC=C5C[C@@H](O[C@@H]6O[C@H](CO)[C@@H](O[C@@H]7O[C@@H](CO)[C@H](O)[C@H]7O[C@@H]7O[C@@H](C)[C@H](O)[C@@H](O)[C@H]7O)[C@H](O)[C@H]6O)CC[C@]5(C)[C@H]4CC[C@]3(C)[C@@]1(O)[C@@H]2C. The molecule has 17 nitrogen and oxygen atoms in total. The van der Waals surface area contributed by atoms with Crippen molar-refractivity contribution in [2.24, 2.45) is 40.4 Å². The van der Waals surface area contributed by atoms with Crippen molar-refractivity contribution in [1.82, 2.24) is 0 Å². The van der Waals surface area contributed by atoms with Crippen molar-refractivity contribution in [3.8, 4) is 0 Å². The number of allylic oxidation sites excluding steroid dienone is 1. The van der Waals surface area contributed by atoms with Gasteiger partial charge in [-0.25, -0.2) is 0 Å². The lowest BCUT2D eigenvalue weighted by molar-refractivity contribution is -0.351. The first kappa shape index (κ1) is 45.2. The molecule has 1 spiro atoms. The van der Waals surface area contributed by atoms with Crippen LogP contribution >= 0.6 is 0 Å². The van der Waals surface area contributed by atoms with Gasteiger partial charge < -0.3 is 83.9 Å². The second-order valence-electron chi connectivity index (χ2n) is 20.7. The van der Waals surface area contributed by atoms with Gasteiger partial charge in [0.05, 0.1) is 38.1 Å². The Morgan fingerprint density at radius 3 is 2.10 bits per heavy atom. The number of aliphatic hydroxyl groups is 9. The van der Waals surface area contributed by atoms with Gasteiger partial charge in [-0.3, -0.25) is 0 Å². The van der Waals surface area contributed by atoms with E-state index in [4.69, 9.17) is 37.9 Å². The molecule has 9 N–H and O–H groups in total. The van der Waals surface area contributed by atoms with Crippen LogP contribution in [0.5, 0.6) is 0 Å². The van der Waals surface area contributed by atoms with E-state index in [-0.39, 0.29) is 29.0 Å². The lowest BCUT2D eigenvalue weighted by atomic mass is 9.46. The predicted octanol–water partition coefficient (Wildman–Crippen LogP) is -0.0319. The first-order valence-corrected chi connectivity index (χ1v) is 22.9. The van der Waals surface area contributed by atoms with Crippen molar-refractivity contribution in [2.75, 3.05) is 19.8 Å². The first-order valence-electron chi connectivity index (χ1n) is 22.9. The minimum absolute atomic E-state index is 0.0651. The van der Waals surface area contributed by atoms with Gasteiger partial charge >= 0.3 is 0 Å². The molecule has 17 heteroatoms. The van der Waals surface area contributed by atoms with Crippen LogP contribution in [0.4, 0.5) is 0 Å². The molecule has 9 rings (SSSR count). The number of hydrogen-bond acceptors (Lipinski definition) is 17. The average Bonchev–Trinajstić information content (AvgIpc) is 3.75. The van der Waals surface area contributed by atoms with E-state index < -0.39 is 111 Å². The lowest BCUT2D eigenvalue weighted by Crippen LogP contribution is -2.62. The summed E-state index contributed by atoms with van der Waals surface area (Å²) in [5, 5.41) is 97.8. The van der Waals surface area contributed by atoms with Gasteiger partial charge in [0.25, 0.3) is 0 Å². The van der Waals surface area contributed by atoms with Gasteiger partial charge in [0, 0.05) is 17.8 Å². The second kappa shape index (κ2) is 16.4. The molecule has 0 unspecified atom stereocenters. The Balaban J connectivity index is 0.844. The van der Waals surface area contributed by atoms with Gasteiger partial charge in [0.15, 0.2) is 24.7 Å². The van der Waals surface area contributed by atoms with Crippen LogP contribution in [0.2, 0.25) is 0 Å². The quantitative estimate of drug-likeness (QED) is 0.145. The Kier molecular flexibility index (Phi) is 12.2. The molecule has 5 aliphatic heterocycles. The summed E-state index contributed by atoms with van der Waals surface area (Å²) in [6, 6.07) is 0. The van der Waals surface area contributed by atoms with Crippen molar-refractivity contribution in [3.63, 3.8) is 0 Å². The van der Waals surface area contributed by atoms with Crippen LogP contribution in [0.3, 0.4) is 0 Å². The van der Waals surface area contributed by atoms with E-state index in [1.807, 2.05) is 0 Å². The summed E-state index contributed by atoms with van der Waals surface area (Å²) in [7, 11) is 0. The Bertz CT molecular complexity index is 1610. The molecule has 0 aromatic rings. The van der Waals surface area contributed by atoms with Crippen LogP contribution in [0.25, 0.3) is 0 Å². The van der Waals surface area contributed by atoms with Gasteiger partial charge in [-0.1, -0.05) is 39.3 Å². The largest absolute Gasteiger partial charge is 0.394 e. The van der Waals surface area contributed by atoms with Gasteiger partial charge in [0.1, 0.15) is 66.6 Å². The van der Waals surface area contributed by atoms with Crippen LogP contribution in [0.15, 0.2) is 11.6 Å². The third-order valence-corrected chi connectivity index (χ3v) is 17.6. The highest BCUT2D eigenvalue weighted by molar-refractivity contribution is 5.29. The zero-order valence-electron chi connectivity index (χ0n) is 36.0. The molecule has 4 aliphatic carbocycles. The predicted molar refractivity (Wildman–Crippen MR) is 210 cm³/mol. The zero-order chi connectivity index (χ0) is 43.6. The molecule has 0 aromatic heterocycles. The van der Waals surface area contributed by atoms with E-state index in [1.165, 1.54) is 12.5 Å². The molecule has 25 atom stereocenters. The van der Waals surface area contributed by atoms with Gasteiger partial charge in [0.2, 0.25) is 0 Å². The third kappa shape index (κ3) is 6.97. The maximum Gasteiger partial charge on any atom is 0.187 e. The summed E-state index contributed by atoms with van der Waals surface area (Å²) in [5.41, 5.74) is 0.0129. The summed E-state index contributed by atoms with van der Waals surface area (Å²) in [6.45, 7) is 9.86. The van der Waals surface area contributed by atoms with Crippen molar-refractivity contribution < 1.29 is 83.9 Å². The summed E-state index contributed by atoms with van der Waals surface area (Å²) in [4.78, 5) is 0. The molecule has 5 heterocycles. The fraction of sp³-hybridized carbons (Fsp3) is 0.955. The van der Waals surface area contributed by atoms with Crippen LogP contribution in [-0.4, -0.2) is 175 Å². The van der Waals surface area contributed by atoms with Crippen molar-refractivity contribution in [2.45, 2.75) is 202 Å². The monoisotopic (exact) mass is 870 g/mol. The molecule has 5 saturated heterocycles. The molecule has 0 amide bonds. The summed E-state index contributed by atoms with van der Waals surface area (Å²) < 4.78 is 48.8. The van der Waals surface area contributed by atoms with Crippen LogP contribution in [0, 0.1) is 40.4 Å². The Labute approximate surface area is 357 Å². The van der Waals surface area contributed by atoms with E-state index >= 15 is 0 Å². The maximum atomic E-state index is 12.7. The normalized spacial score (nSPS) is 58.2. The summed E-state index contributed by atoms with van der Waals surface area (Å²) >= 11 is 0. The molecule has 8 fully saturated rings. The maximum absolute atomic E-state index is 12.7. The topological polar surface area (TPSA) is 256 Å².